The Labute approximate surface area is 144 Å². The van der Waals surface area contributed by atoms with E-state index in [0.717, 1.165) is 24.3 Å². The van der Waals surface area contributed by atoms with Gasteiger partial charge in [0, 0.05) is 14.1 Å². The number of benzene rings is 1. The van der Waals surface area contributed by atoms with E-state index in [1.165, 1.54) is 19.0 Å². The highest BCUT2D eigenvalue weighted by Crippen LogP contribution is 2.09. The molecule has 25 heavy (non-hydrogen) atoms. The topological polar surface area (TPSA) is 122 Å². The molecule has 1 rings (SSSR count). The van der Waals surface area contributed by atoms with Gasteiger partial charge in [0.15, 0.2) is 6.61 Å². The molecule has 0 saturated heterocycles. The molecule has 0 aliphatic rings. The van der Waals surface area contributed by atoms with Gasteiger partial charge in [0.25, 0.3) is 5.91 Å². The Balaban J connectivity index is 2.38. The minimum Gasteiger partial charge on any atom is -0.455 e. The SMILES string of the molecule is CN(C)C(=O)CNC(=O)COC(=O)CNS(=O)(=O)c1ccc(F)cc1. The van der Waals surface area contributed by atoms with Gasteiger partial charge in [0.2, 0.25) is 15.9 Å². The Bertz CT molecular complexity index is 733. The zero-order valence-corrected chi connectivity index (χ0v) is 14.4. The second-order valence-electron chi connectivity index (χ2n) is 5.00. The zero-order chi connectivity index (χ0) is 19.0. The maximum absolute atomic E-state index is 12.8. The number of esters is 1. The number of ether oxygens (including phenoxy) is 1. The van der Waals surface area contributed by atoms with Crippen LogP contribution in [0.5, 0.6) is 0 Å². The standard InChI is InChI=1S/C14H18FN3O6S/c1-18(2)13(20)7-16-12(19)9-24-14(21)8-17-25(22,23)11-5-3-10(15)4-6-11/h3-6,17H,7-9H2,1-2H3,(H,16,19). The molecule has 0 heterocycles. The molecule has 0 spiro atoms. The van der Waals surface area contributed by atoms with Gasteiger partial charge in [-0.2, -0.15) is 4.72 Å². The third kappa shape index (κ3) is 7.27. The van der Waals surface area contributed by atoms with Crippen molar-refractivity contribution in [2.45, 2.75) is 4.90 Å². The molecule has 11 heteroatoms. The number of hydrogen-bond donors (Lipinski definition) is 2. The third-order valence-electron chi connectivity index (χ3n) is 2.83. The zero-order valence-electron chi connectivity index (χ0n) is 13.6. The van der Waals surface area contributed by atoms with Crippen molar-refractivity contribution in [2.24, 2.45) is 0 Å². The quantitative estimate of drug-likeness (QED) is 0.554. The maximum Gasteiger partial charge on any atom is 0.321 e. The Kier molecular flexibility index (Phi) is 7.45. The van der Waals surface area contributed by atoms with Gasteiger partial charge in [0.05, 0.1) is 11.4 Å². The second-order valence-corrected chi connectivity index (χ2v) is 6.77. The van der Waals surface area contributed by atoms with Gasteiger partial charge >= 0.3 is 5.97 Å². The Morgan fingerprint density at radius 3 is 2.28 bits per heavy atom. The van der Waals surface area contributed by atoms with E-state index in [0.29, 0.717) is 0 Å². The van der Waals surface area contributed by atoms with Gasteiger partial charge in [-0.05, 0) is 24.3 Å². The molecule has 1 aromatic rings. The lowest BCUT2D eigenvalue weighted by molar-refractivity contribution is -0.147. The van der Waals surface area contributed by atoms with Crippen molar-refractivity contribution in [2.75, 3.05) is 33.8 Å². The fourth-order valence-corrected chi connectivity index (χ4v) is 2.40. The van der Waals surface area contributed by atoms with Crippen molar-refractivity contribution in [1.29, 1.82) is 0 Å². The van der Waals surface area contributed by atoms with Crippen LogP contribution in [0.3, 0.4) is 0 Å². The summed E-state index contributed by atoms with van der Waals surface area (Å²) in [5.41, 5.74) is 0. The van der Waals surface area contributed by atoms with Crippen LogP contribution in [0.4, 0.5) is 4.39 Å². The predicted molar refractivity (Wildman–Crippen MR) is 84.3 cm³/mol. The number of sulfonamides is 1. The number of amides is 2. The Hall–Kier alpha value is -2.53. The van der Waals surface area contributed by atoms with Gasteiger partial charge in [0.1, 0.15) is 12.4 Å². The molecular formula is C14H18FN3O6S. The normalized spacial score (nSPS) is 10.8. The molecule has 138 valence electrons. The van der Waals surface area contributed by atoms with Gasteiger partial charge in [-0.15, -0.1) is 0 Å². The number of likely N-dealkylation sites (N-methyl/N-ethyl adjacent to an activating group) is 1. The summed E-state index contributed by atoms with van der Waals surface area (Å²) >= 11 is 0. The summed E-state index contributed by atoms with van der Waals surface area (Å²) < 4.78 is 43.1. The smallest absolute Gasteiger partial charge is 0.321 e. The molecule has 0 aromatic heterocycles. The van der Waals surface area contributed by atoms with E-state index < -0.39 is 40.9 Å². The first-order chi connectivity index (χ1) is 11.6. The molecule has 0 fully saturated rings. The van der Waals surface area contributed by atoms with Crippen molar-refractivity contribution >= 4 is 27.8 Å². The van der Waals surface area contributed by atoms with Crippen molar-refractivity contribution in [3.05, 3.63) is 30.1 Å². The first kappa shape index (κ1) is 20.5. The summed E-state index contributed by atoms with van der Waals surface area (Å²) in [7, 11) is -0.979. The number of nitrogens with zero attached hydrogens (tertiary/aromatic N) is 1. The highest BCUT2D eigenvalue weighted by Gasteiger charge is 2.17. The van der Waals surface area contributed by atoms with E-state index in [-0.39, 0.29) is 17.3 Å². The molecule has 2 amide bonds. The number of carbonyl (C=O) groups excluding carboxylic acids is 3. The average molecular weight is 375 g/mol. The van der Waals surface area contributed by atoms with Crippen molar-refractivity contribution in [1.82, 2.24) is 14.9 Å². The molecule has 0 bridgehead atoms. The summed E-state index contributed by atoms with van der Waals surface area (Å²) in [6, 6.07) is 4.01. The van der Waals surface area contributed by atoms with E-state index in [9.17, 15) is 27.2 Å². The van der Waals surface area contributed by atoms with Crippen LogP contribution in [-0.2, 0) is 29.1 Å². The summed E-state index contributed by atoms with van der Waals surface area (Å²) in [6.07, 6.45) is 0. The minimum absolute atomic E-state index is 0.221. The van der Waals surface area contributed by atoms with Crippen molar-refractivity contribution < 1.29 is 31.9 Å². The van der Waals surface area contributed by atoms with Crippen LogP contribution >= 0.6 is 0 Å². The number of rotatable bonds is 8. The van der Waals surface area contributed by atoms with Gasteiger partial charge < -0.3 is 15.0 Å². The van der Waals surface area contributed by atoms with E-state index >= 15 is 0 Å². The lowest BCUT2D eigenvalue weighted by atomic mass is 10.4. The highest BCUT2D eigenvalue weighted by molar-refractivity contribution is 7.89. The van der Waals surface area contributed by atoms with E-state index in [2.05, 4.69) is 10.1 Å². The van der Waals surface area contributed by atoms with Crippen LogP contribution < -0.4 is 10.0 Å². The number of hydrogen-bond acceptors (Lipinski definition) is 6. The monoisotopic (exact) mass is 375 g/mol. The molecule has 0 aliphatic carbocycles. The van der Waals surface area contributed by atoms with E-state index in [1.807, 2.05) is 4.72 Å². The maximum atomic E-state index is 12.8. The molecule has 0 unspecified atom stereocenters. The predicted octanol–water partition coefficient (Wildman–Crippen LogP) is -1.15. The van der Waals surface area contributed by atoms with E-state index in [4.69, 9.17) is 0 Å². The molecule has 0 saturated carbocycles. The van der Waals surface area contributed by atoms with Gasteiger partial charge in [-0.25, -0.2) is 12.8 Å². The number of halogens is 1. The average Bonchev–Trinajstić information content (AvgIpc) is 2.56. The molecule has 0 radical (unpaired) electrons. The lowest BCUT2D eigenvalue weighted by Crippen LogP contribution is -2.39. The molecule has 9 nitrogen and oxygen atoms in total. The van der Waals surface area contributed by atoms with Crippen molar-refractivity contribution in [3.8, 4) is 0 Å². The third-order valence-corrected chi connectivity index (χ3v) is 4.25. The van der Waals surface area contributed by atoms with Crippen molar-refractivity contribution in [3.63, 3.8) is 0 Å². The molecule has 2 N–H and O–H groups in total. The van der Waals surface area contributed by atoms with Crippen LogP contribution in [0, 0.1) is 5.82 Å². The van der Waals surface area contributed by atoms with Gasteiger partial charge in [-0.3, -0.25) is 14.4 Å². The first-order valence-electron chi connectivity index (χ1n) is 6.99. The van der Waals surface area contributed by atoms with Crippen LogP contribution in [-0.4, -0.2) is 64.9 Å². The van der Waals surface area contributed by atoms with Crippen LogP contribution in [0.1, 0.15) is 0 Å². The molecule has 1 aromatic carbocycles. The summed E-state index contributed by atoms with van der Waals surface area (Å²) in [4.78, 5) is 35.2. The van der Waals surface area contributed by atoms with Crippen LogP contribution in [0.15, 0.2) is 29.2 Å². The molecular weight excluding hydrogens is 357 g/mol. The highest BCUT2D eigenvalue weighted by atomic mass is 32.2. The number of carbonyl (C=O) groups is 3. The fourth-order valence-electron chi connectivity index (χ4n) is 1.43. The van der Waals surface area contributed by atoms with E-state index in [1.54, 1.807) is 0 Å². The largest absolute Gasteiger partial charge is 0.455 e. The number of nitrogens with one attached hydrogen (secondary N) is 2. The summed E-state index contributed by atoms with van der Waals surface area (Å²) in [6.45, 7) is -1.61. The molecule has 0 aliphatic heterocycles. The fraction of sp³-hybridized carbons (Fsp3) is 0.357. The first-order valence-corrected chi connectivity index (χ1v) is 8.48. The summed E-state index contributed by atoms with van der Waals surface area (Å²) in [5.74, 6) is -2.63. The summed E-state index contributed by atoms with van der Waals surface area (Å²) in [5, 5.41) is 2.24. The van der Waals surface area contributed by atoms with Crippen LogP contribution in [0.2, 0.25) is 0 Å². The van der Waals surface area contributed by atoms with Gasteiger partial charge in [-0.1, -0.05) is 0 Å². The second kappa shape index (κ2) is 9.08. The molecule has 0 atom stereocenters. The minimum atomic E-state index is -4.01. The van der Waals surface area contributed by atoms with Crippen LogP contribution in [0.25, 0.3) is 0 Å². The Morgan fingerprint density at radius 2 is 1.72 bits per heavy atom. The lowest BCUT2D eigenvalue weighted by Gasteiger charge is -2.11. The Morgan fingerprint density at radius 1 is 1.12 bits per heavy atom.